The van der Waals surface area contributed by atoms with Crippen LogP contribution in [0.2, 0.25) is 0 Å². The van der Waals surface area contributed by atoms with Crippen LogP contribution >= 0.6 is 0 Å². The third-order valence-corrected chi connectivity index (χ3v) is 2.92. The Labute approximate surface area is 127 Å². The first-order valence-electron chi connectivity index (χ1n) is 6.84. The van der Waals surface area contributed by atoms with Crippen molar-refractivity contribution in [1.82, 2.24) is 4.90 Å². The molecule has 118 valence electrons. The van der Waals surface area contributed by atoms with E-state index in [1.54, 1.807) is 19.9 Å². The first-order chi connectivity index (χ1) is 10.4. The van der Waals surface area contributed by atoms with Crippen LogP contribution in [0.4, 0.5) is 10.1 Å². The fourth-order valence-corrected chi connectivity index (χ4v) is 2.02. The molecule has 0 radical (unpaired) electrons. The van der Waals surface area contributed by atoms with Gasteiger partial charge in [0, 0.05) is 6.08 Å². The highest BCUT2D eigenvalue weighted by molar-refractivity contribution is 6.17. The first-order valence-corrected chi connectivity index (χ1v) is 6.84. The van der Waals surface area contributed by atoms with Gasteiger partial charge in [-0.15, -0.1) is 0 Å². The smallest absolute Gasteiger partial charge is 0.277 e. The van der Waals surface area contributed by atoms with E-state index >= 15 is 0 Å². The number of aliphatic hydroxyl groups excluding tert-OH is 1. The van der Waals surface area contributed by atoms with Gasteiger partial charge in [0.1, 0.15) is 5.70 Å². The number of anilines is 1. The number of benzene rings is 1. The van der Waals surface area contributed by atoms with Crippen LogP contribution in [0.15, 0.2) is 30.0 Å². The van der Waals surface area contributed by atoms with Crippen molar-refractivity contribution in [2.75, 3.05) is 18.5 Å². The lowest BCUT2D eigenvalue weighted by Crippen LogP contribution is -2.34. The van der Waals surface area contributed by atoms with Crippen LogP contribution in [0.25, 0.3) is 0 Å². The van der Waals surface area contributed by atoms with Crippen molar-refractivity contribution in [3.8, 4) is 5.75 Å². The van der Waals surface area contributed by atoms with Crippen molar-refractivity contribution in [1.29, 1.82) is 0 Å². The number of nitrogens with one attached hydrogen (secondary N) is 1. The van der Waals surface area contributed by atoms with Crippen LogP contribution in [0.5, 0.6) is 5.75 Å². The molecular formula is C15H17FN2O4. The fraction of sp³-hybridized carbons (Fsp3) is 0.333. The normalized spacial score (nSPS) is 14.6. The molecule has 2 rings (SSSR count). The molecule has 22 heavy (non-hydrogen) atoms. The molecule has 2 amide bonds. The van der Waals surface area contributed by atoms with Crippen molar-refractivity contribution in [3.05, 3.63) is 35.8 Å². The maximum absolute atomic E-state index is 13.9. The minimum Gasteiger partial charge on any atom is -0.486 e. The van der Waals surface area contributed by atoms with Crippen molar-refractivity contribution in [3.63, 3.8) is 0 Å². The third-order valence-electron chi connectivity index (χ3n) is 2.92. The molecule has 0 fully saturated rings. The van der Waals surface area contributed by atoms with Gasteiger partial charge in [0.05, 0.1) is 24.9 Å². The Hall–Kier alpha value is -2.41. The predicted molar refractivity (Wildman–Crippen MR) is 77.7 cm³/mol. The summed E-state index contributed by atoms with van der Waals surface area (Å²) in [5.74, 6) is -1.68. The van der Waals surface area contributed by atoms with E-state index in [-0.39, 0.29) is 36.4 Å². The molecule has 1 aromatic carbocycles. The molecule has 0 aromatic heterocycles. The van der Waals surface area contributed by atoms with Crippen molar-refractivity contribution >= 4 is 17.5 Å². The van der Waals surface area contributed by atoms with E-state index in [2.05, 4.69) is 5.32 Å². The van der Waals surface area contributed by atoms with Gasteiger partial charge in [-0.1, -0.05) is 6.07 Å². The summed E-state index contributed by atoms with van der Waals surface area (Å²) in [6, 6.07) is 4.27. The number of amides is 2. The van der Waals surface area contributed by atoms with Gasteiger partial charge < -0.3 is 15.2 Å². The average Bonchev–Trinajstić information content (AvgIpc) is 2.70. The Morgan fingerprint density at radius 3 is 2.73 bits per heavy atom. The van der Waals surface area contributed by atoms with Gasteiger partial charge in [-0.05, 0) is 26.0 Å². The number of β-amino-alcohol motifs (C(OH)–C–C–N with tert-alkyl or cyclic N) is 1. The predicted octanol–water partition coefficient (Wildman–Crippen LogP) is 1.27. The number of aliphatic hydroxyl groups is 1. The second kappa shape index (κ2) is 6.57. The Morgan fingerprint density at radius 1 is 1.36 bits per heavy atom. The van der Waals surface area contributed by atoms with Crippen LogP contribution in [-0.4, -0.2) is 41.1 Å². The summed E-state index contributed by atoms with van der Waals surface area (Å²) < 4.78 is 19.3. The lowest BCUT2D eigenvalue weighted by atomic mass is 10.2. The molecule has 0 atom stereocenters. The average molecular weight is 308 g/mol. The van der Waals surface area contributed by atoms with E-state index in [4.69, 9.17) is 9.84 Å². The first kappa shape index (κ1) is 16.0. The van der Waals surface area contributed by atoms with Crippen molar-refractivity contribution < 1.29 is 23.8 Å². The number of carbonyl (C=O) groups excluding carboxylic acids is 2. The minimum absolute atomic E-state index is 0.0117. The number of ether oxygens (including phenoxy) is 1. The van der Waals surface area contributed by atoms with Gasteiger partial charge in [0.15, 0.2) is 11.6 Å². The highest BCUT2D eigenvalue weighted by atomic mass is 19.1. The summed E-state index contributed by atoms with van der Waals surface area (Å²) in [6.45, 7) is 3.10. The zero-order valence-electron chi connectivity index (χ0n) is 12.3. The molecule has 2 N–H and O–H groups in total. The standard InChI is InChI=1S/C15H17FN2O4/c1-9(2)22-14-10(16)4-3-5-11(14)17-12-8-13(20)18(6-7-19)15(12)21/h3-5,8-9,17,19H,6-7H2,1-2H3. The molecule has 0 unspecified atom stereocenters. The monoisotopic (exact) mass is 308 g/mol. The molecule has 1 heterocycles. The number of para-hydroxylation sites is 1. The Morgan fingerprint density at radius 2 is 2.09 bits per heavy atom. The van der Waals surface area contributed by atoms with E-state index in [0.29, 0.717) is 0 Å². The summed E-state index contributed by atoms with van der Waals surface area (Å²) in [5.41, 5.74) is 0.268. The number of imide groups is 1. The van der Waals surface area contributed by atoms with Gasteiger partial charge in [0.25, 0.3) is 11.8 Å². The number of nitrogens with zero attached hydrogens (tertiary/aromatic N) is 1. The molecule has 0 aliphatic carbocycles. The molecule has 7 heteroatoms. The highest BCUT2D eigenvalue weighted by Gasteiger charge is 2.31. The van der Waals surface area contributed by atoms with Gasteiger partial charge in [-0.3, -0.25) is 14.5 Å². The van der Waals surface area contributed by atoms with Crippen LogP contribution in [-0.2, 0) is 9.59 Å². The quantitative estimate of drug-likeness (QED) is 0.774. The third kappa shape index (κ3) is 3.25. The molecule has 0 bridgehead atoms. The van der Waals surface area contributed by atoms with Crippen LogP contribution < -0.4 is 10.1 Å². The molecule has 1 aliphatic rings. The molecule has 1 aliphatic heterocycles. The SMILES string of the molecule is CC(C)Oc1c(F)cccc1NC1=CC(=O)N(CCO)C1=O. The molecule has 0 saturated heterocycles. The fourth-order valence-electron chi connectivity index (χ4n) is 2.02. The zero-order chi connectivity index (χ0) is 16.3. The second-order valence-electron chi connectivity index (χ2n) is 4.98. The topological polar surface area (TPSA) is 78.9 Å². The van der Waals surface area contributed by atoms with Crippen molar-refractivity contribution in [2.45, 2.75) is 20.0 Å². The second-order valence-corrected chi connectivity index (χ2v) is 4.98. The van der Waals surface area contributed by atoms with E-state index in [0.717, 1.165) is 11.0 Å². The van der Waals surface area contributed by atoms with Crippen LogP contribution in [0.1, 0.15) is 13.8 Å². The zero-order valence-corrected chi connectivity index (χ0v) is 12.3. The summed E-state index contributed by atoms with van der Waals surface area (Å²) in [4.78, 5) is 24.6. The molecule has 0 saturated carbocycles. The van der Waals surface area contributed by atoms with Gasteiger partial charge in [-0.2, -0.15) is 0 Å². The molecule has 6 nitrogen and oxygen atoms in total. The minimum atomic E-state index is -0.571. The van der Waals surface area contributed by atoms with Gasteiger partial charge >= 0.3 is 0 Å². The van der Waals surface area contributed by atoms with Gasteiger partial charge in [0.2, 0.25) is 0 Å². The Bertz CT molecular complexity index is 628. The Kier molecular flexibility index (Phi) is 4.77. The number of rotatable bonds is 6. The summed E-state index contributed by atoms with van der Waals surface area (Å²) in [5, 5.41) is 11.6. The summed E-state index contributed by atoms with van der Waals surface area (Å²) in [6.07, 6.45) is 0.862. The van der Waals surface area contributed by atoms with E-state index in [1.807, 2.05) is 0 Å². The number of hydrogen-bond donors (Lipinski definition) is 2. The van der Waals surface area contributed by atoms with Crippen LogP contribution in [0, 0.1) is 5.82 Å². The van der Waals surface area contributed by atoms with E-state index in [1.165, 1.54) is 12.1 Å². The molecular weight excluding hydrogens is 291 g/mol. The highest BCUT2D eigenvalue weighted by Crippen LogP contribution is 2.30. The van der Waals surface area contributed by atoms with E-state index < -0.39 is 17.6 Å². The number of carbonyl (C=O) groups is 2. The van der Waals surface area contributed by atoms with Gasteiger partial charge in [-0.25, -0.2) is 4.39 Å². The maximum atomic E-state index is 13.9. The summed E-state index contributed by atoms with van der Waals surface area (Å²) >= 11 is 0. The maximum Gasteiger partial charge on any atom is 0.277 e. The van der Waals surface area contributed by atoms with Crippen LogP contribution in [0.3, 0.4) is 0 Å². The van der Waals surface area contributed by atoms with Crippen molar-refractivity contribution in [2.24, 2.45) is 0 Å². The Balaban J connectivity index is 2.25. The number of hydrogen-bond acceptors (Lipinski definition) is 5. The molecule has 1 aromatic rings. The largest absolute Gasteiger partial charge is 0.486 e. The van der Waals surface area contributed by atoms with E-state index in [9.17, 15) is 14.0 Å². The molecule has 0 spiro atoms. The lowest BCUT2D eigenvalue weighted by Gasteiger charge is -2.17. The number of halogens is 1. The lowest BCUT2D eigenvalue weighted by molar-refractivity contribution is -0.137. The summed E-state index contributed by atoms with van der Waals surface area (Å²) in [7, 11) is 0.